The van der Waals surface area contributed by atoms with Gasteiger partial charge in [0.05, 0.1) is 0 Å². The zero-order chi connectivity index (χ0) is 14.5. The van der Waals surface area contributed by atoms with Gasteiger partial charge in [-0.25, -0.2) is 4.79 Å². The van der Waals surface area contributed by atoms with Crippen LogP contribution in [0.2, 0.25) is 0 Å². The van der Waals surface area contributed by atoms with Gasteiger partial charge in [0.1, 0.15) is 0 Å². The minimum atomic E-state index is -0.221. The van der Waals surface area contributed by atoms with Gasteiger partial charge in [-0.05, 0) is 42.7 Å². The second kappa shape index (κ2) is 6.10. The molecule has 0 unspecified atom stereocenters. The van der Waals surface area contributed by atoms with Crippen LogP contribution < -0.4 is 16.4 Å². The molecule has 0 aliphatic carbocycles. The lowest BCUT2D eigenvalue weighted by Gasteiger charge is -2.12. The van der Waals surface area contributed by atoms with E-state index in [0.717, 1.165) is 28.1 Å². The Morgan fingerprint density at radius 2 is 1.80 bits per heavy atom. The number of nitrogens with one attached hydrogen (secondary N) is 2. The molecule has 104 valence electrons. The lowest BCUT2D eigenvalue weighted by Crippen LogP contribution is -2.28. The van der Waals surface area contributed by atoms with Gasteiger partial charge in [0.25, 0.3) is 0 Å². The maximum absolute atomic E-state index is 11.9. The highest BCUT2D eigenvalue weighted by atomic mass is 16.2. The van der Waals surface area contributed by atoms with Crippen molar-refractivity contribution in [2.24, 2.45) is 0 Å². The smallest absolute Gasteiger partial charge is 0.319 e. The summed E-state index contributed by atoms with van der Waals surface area (Å²) in [6, 6.07) is 13.3. The molecule has 0 saturated heterocycles. The van der Waals surface area contributed by atoms with Crippen molar-refractivity contribution in [1.82, 2.24) is 5.32 Å². The summed E-state index contributed by atoms with van der Waals surface area (Å²) in [6.45, 7) is 4.34. The Morgan fingerprint density at radius 1 is 1.10 bits per heavy atom. The lowest BCUT2D eigenvalue weighted by molar-refractivity contribution is 0.251. The SMILES string of the molecule is Cc1cc(NC(=O)NCc2ccccc2)c(C)cc1N. The van der Waals surface area contributed by atoms with Gasteiger partial charge in [0.15, 0.2) is 0 Å². The Labute approximate surface area is 119 Å². The normalized spacial score (nSPS) is 10.1. The second-order valence-electron chi connectivity index (χ2n) is 4.82. The summed E-state index contributed by atoms with van der Waals surface area (Å²) < 4.78 is 0. The molecule has 4 N–H and O–H groups in total. The number of benzene rings is 2. The minimum absolute atomic E-state index is 0.221. The van der Waals surface area contributed by atoms with Crippen LogP contribution in [0.15, 0.2) is 42.5 Å². The monoisotopic (exact) mass is 269 g/mol. The first kappa shape index (κ1) is 13.9. The van der Waals surface area contributed by atoms with Gasteiger partial charge in [0.2, 0.25) is 0 Å². The molecule has 0 aliphatic heterocycles. The molecular formula is C16H19N3O. The number of hydrogen-bond donors (Lipinski definition) is 3. The quantitative estimate of drug-likeness (QED) is 0.749. The van der Waals surface area contributed by atoms with Gasteiger partial charge in [-0.3, -0.25) is 0 Å². The van der Waals surface area contributed by atoms with Crippen molar-refractivity contribution in [3.05, 3.63) is 59.2 Å². The molecule has 0 aromatic heterocycles. The van der Waals surface area contributed by atoms with Crippen molar-refractivity contribution in [3.8, 4) is 0 Å². The molecule has 4 nitrogen and oxygen atoms in total. The Morgan fingerprint density at radius 3 is 2.50 bits per heavy atom. The first-order valence-corrected chi connectivity index (χ1v) is 6.52. The van der Waals surface area contributed by atoms with Crippen LogP contribution in [-0.4, -0.2) is 6.03 Å². The fraction of sp³-hybridized carbons (Fsp3) is 0.188. The summed E-state index contributed by atoms with van der Waals surface area (Å²) in [5, 5.41) is 5.67. The molecule has 0 radical (unpaired) electrons. The fourth-order valence-electron chi connectivity index (χ4n) is 1.92. The third kappa shape index (κ3) is 3.51. The summed E-state index contributed by atoms with van der Waals surface area (Å²) in [6.07, 6.45) is 0. The standard InChI is InChI=1S/C16H19N3O/c1-11-9-15(12(2)8-14(11)17)19-16(20)18-10-13-6-4-3-5-7-13/h3-9H,10,17H2,1-2H3,(H2,18,19,20). The van der Waals surface area contributed by atoms with E-state index in [2.05, 4.69) is 10.6 Å². The van der Waals surface area contributed by atoms with Crippen LogP contribution in [-0.2, 0) is 6.54 Å². The zero-order valence-electron chi connectivity index (χ0n) is 11.7. The van der Waals surface area contributed by atoms with Gasteiger partial charge in [-0.1, -0.05) is 30.3 Å². The number of anilines is 2. The Hall–Kier alpha value is -2.49. The Kier molecular flexibility index (Phi) is 4.25. The van der Waals surface area contributed by atoms with E-state index in [4.69, 9.17) is 5.73 Å². The van der Waals surface area contributed by atoms with E-state index in [0.29, 0.717) is 6.54 Å². The van der Waals surface area contributed by atoms with Crippen molar-refractivity contribution in [3.63, 3.8) is 0 Å². The van der Waals surface area contributed by atoms with E-state index in [1.165, 1.54) is 0 Å². The molecule has 0 heterocycles. The predicted molar refractivity (Wildman–Crippen MR) is 82.6 cm³/mol. The molecule has 20 heavy (non-hydrogen) atoms. The third-order valence-corrected chi connectivity index (χ3v) is 3.16. The zero-order valence-corrected chi connectivity index (χ0v) is 11.7. The molecule has 0 atom stereocenters. The van der Waals surface area contributed by atoms with E-state index in [9.17, 15) is 4.79 Å². The van der Waals surface area contributed by atoms with Crippen molar-refractivity contribution >= 4 is 17.4 Å². The van der Waals surface area contributed by atoms with Gasteiger partial charge < -0.3 is 16.4 Å². The summed E-state index contributed by atoms with van der Waals surface area (Å²) in [7, 11) is 0. The van der Waals surface area contributed by atoms with Crippen LogP contribution in [0.3, 0.4) is 0 Å². The number of carbonyl (C=O) groups is 1. The minimum Gasteiger partial charge on any atom is -0.399 e. The Bertz CT molecular complexity index is 609. The first-order chi connectivity index (χ1) is 9.56. The molecule has 2 aromatic carbocycles. The van der Waals surface area contributed by atoms with Crippen LogP contribution in [0, 0.1) is 13.8 Å². The average Bonchev–Trinajstić information content (AvgIpc) is 2.44. The van der Waals surface area contributed by atoms with Crippen LogP contribution in [0.25, 0.3) is 0 Å². The maximum atomic E-state index is 11.9. The van der Waals surface area contributed by atoms with Crippen LogP contribution in [0.5, 0.6) is 0 Å². The summed E-state index contributed by atoms with van der Waals surface area (Å²) >= 11 is 0. The second-order valence-corrected chi connectivity index (χ2v) is 4.82. The predicted octanol–water partition coefficient (Wildman–Crippen LogP) is 3.21. The molecular weight excluding hydrogens is 250 g/mol. The van der Waals surface area contributed by atoms with Gasteiger partial charge >= 0.3 is 6.03 Å². The largest absolute Gasteiger partial charge is 0.399 e. The molecule has 2 rings (SSSR count). The first-order valence-electron chi connectivity index (χ1n) is 6.52. The average molecular weight is 269 g/mol. The van der Waals surface area contributed by atoms with Crippen LogP contribution >= 0.6 is 0 Å². The van der Waals surface area contributed by atoms with E-state index in [1.807, 2.05) is 56.3 Å². The van der Waals surface area contributed by atoms with Gasteiger partial charge in [-0.15, -0.1) is 0 Å². The molecule has 2 amide bonds. The number of aryl methyl sites for hydroxylation is 2. The number of hydrogen-bond acceptors (Lipinski definition) is 2. The highest BCUT2D eigenvalue weighted by Crippen LogP contribution is 2.21. The highest BCUT2D eigenvalue weighted by molar-refractivity contribution is 5.90. The van der Waals surface area contributed by atoms with E-state index < -0.39 is 0 Å². The molecule has 0 bridgehead atoms. The van der Waals surface area contributed by atoms with Crippen molar-refractivity contribution in [1.29, 1.82) is 0 Å². The molecule has 4 heteroatoms. The molecule has 0 spiro atoms. The van der Waals surface area contributed by atoms with Crippen LogP contribution in [0.4, 0.5) is 16.2 Å². The number of rotatable bonds is 3. The lowest BCUT2D eigenvalue weighted by atomic mass is 10.1. The van der Waals surface area contributed by atoms with Crippen LogP contribution in [0.1, 0.15) is 16.7 Å². The van der Waals surface area contributed by atoms with Crippen molar-refractivity contribution in [2.75, 3.05) is 11.1 Å². The van der Waals surface area contributed by atoms with Crippen molar-refractivity contribution < 1.29 is 4.79 Å². The van der Waals surface area contributed by atoms with E-state index in [-0.39, 0.29) is 6.03 Å². The summed E-state index contributed by atoms with van der Waals surface area (Å²) in [5.41, 5.74) is 10.3. The number of carbonyl (C=O) groups excluding carboxylic acids is 1. The molecule has 0 aliphatic rings. The maximum Gasteiger partial charge on any atom is 0.319 e. The highest BCUT2D eigenvalue weighted by Gasteiger charge is 2.06. The Balaban J connectivity index is 1.97. The van der Waals surface area contributed by atoms with Crippen molar-refractivity contribution in [2.45, 2.75) is 20.4 Å². The summed E-state index contributed by atoms with van der Waals surface area (Å²) in [4.78, 5) is 11.9. The number of nitrogens with two attached hydrogens (primary N) is 1. The van der Waals surface area contributed by atoms with Gasteiger partial charge in [0, 0.05) is 17.9 Å². The molecule has 2 aromatic rings. The molecule has 0 saturated carbocycles. The van der Waals surface area contributed by atoms with E-state index >= 15 is 0 Å². The number of amides is 2. The number of urea groups is 1. The topological polar surface area (TPSA) is 67.2 Å². The number of nitrogen functional groups attached to an aromatic ring is 1. The third-order valence-electron chi connectivity index (χ3n) is 3.16. The fourth-order valence-corrected chi connectivity index (χ4v) is 1.92. The van der Waals surface area contributed by atoms with Gasteiger partial charge in [-0.2, -0.15) is 0 Å². The summed E-state index contributed by atoms with van der Waals surface area (Å²) in [5.74, 6) is 0. The molecule has 0 fully saturated rings. The van der Waals surface area contributed by atoms with E-state index in [1.54, 1.807) is 0 Å².